The third-order valence-electron chi connectivity index (χ3n) is 6.81. The fourth-order valence-corrected chi connectivity index (χ4v) is 5.76. The van der Waals surface area contributed by atoms with Crippen LogP contribution in [0.2, 0.25) is 0 Å². The summed E-state index contributed by atoms with van der Waals surface area (Å²) in [6.07, 6.45) is 4.19. The number of hydrogen-bond donors (Lipinski definition) is 1. The summed E-state index contributed by atoms with van der Waals surface area (Å²) in [5, 5.41) is 13.3. The number of rotatable bonds is 6. The molecule has 5 rings (SSSR count). The van der Waals surface area contributed by atoms with Crippen molar-refractivity contribution < 1.29 is 24.2 Å². The number of Topliss-reactive ketones (excluding diaryl/α,β-unsaturated/α-hetero) is 1. The minimum Gasteiger partial charge on any atom is -0.507 e. The summed E-state index contributed by atoms with van der Waals surface area (Å²) in [7, 11) is 0. The van der Waals surface area contributed by atoms with E-state index >= 15 is 0 Å². The standard InChI is InChI=1S/C30H29NO5S/c1-18(2)17-36-30(35)20-11-13-23(14-12-20)31-26(24-8-5-15-37-24)25(28(33)29(31)34)27(32)22-10-9-19-6-3-4-7-21(19)16-22/h5,8-16,18,26,32H,3-4,6-7,17H2,1-2H3/b27-25-. The molecule has 7 heteroatoms. The maximum absolute atomic E-state index is 13.3. The Morgan fingerprint density at radius 2 is 1.73 bits per heavy atom. The Bertz CT molecular complexity index is 1370. The van der Waals surface area contributed by atoms with E-state index in [2.05, 4.69) is 0 Å². The number of aryl methyl sites for hydroxylation is 2. The van der Waals surface area contributed by atoms with Crippen LogP contribution in [-0.2, 0) is 27.2 Å². The summed E-state index contributed by atoms with van der Waals surface area (Å²) in [5.41, 5.74) is 3.89. The summed E-state index contributed by atoms with van der Waals surface area (Å²) >= 11 is 1.41. The van der Waals surface area contributed by atoms with E-state index in [1.807, 2.05) is 49.6 Å². The third kappa shape index (κ3) is 4.83. The summed E-state index contributed by atoms with van der Waals surface area (Å²) < 4.78 is 5.30. The molecule has 2 heterocycles. The van der Waals surface area contributed by atoms with Gasteiger partial charge >= 0.3 is 5.97 Å². The molecule has 1 amide bonds. The van der Waals surface area contributed by atoms with E-state index in [9.17, 15) is 19.5 Å². The molecule has 1 aromatic heterocycles. The fraction of sp³-hybridized carbons (Fsp3) is 0.300. The number of fused-ring (bicyclic) bond motifs is 1. The molecule has 2 aromatic carbocycles. The number of ether oxygens (including phenoxy) is 1. The molecule has 2 aliphatic rings. The number of carbonyl (C=O) groups excluding carboxylic acids is 3. The number of thiophene rings is 1. The first-order valence-corrected chi connectivity index (χ1v) is 13.5. The first-order valence-electron chi connectivity index (χ1n) is 12.6. The maximum atomic E-state index is 13.3. The van der Waals surface area contributed by atoms with Gasteiger partial charge in [-0.1, -0.05) is 32.0 Å². The van der Waals surface area contributed by atoms with E-state index in [0.717, 1.165) is 30.6 Å². The molecule has 1 aliphatic heterocycles. The molecule has 1 unspecified atom stereocenters. The molecule has 1 aliphatic carbocycles. The van der Waals surface area contributed by atoms with E-state index in [0.29, 0.717) is 23.4 Å². The zero-order valence-corrected chi connectivity index (χ0v) is 21.7. The van der Waals surface area contributed by atoms with Gasteiger partial charge in [0.1, 0.15) is 11.8 Å². The minimum absolute atomic E-state index is 0.0728. The molecule has 1 saturated heterocycles. The molecule has 0 radical (unpaired) electrons. The van der Waals surface area contributed by atoms with Gasteiger partial charge in [-0.05, 0) is 84.5 Å². The molecule has 1 fully saturated rings. The Balaban J connectivity index is 1.54. The van der Waals surface area contributed by atoms with Crippen LogP contribution in [-0.4, -0.2) is 29.4 Å². The SMILES string of the molecule is CC(C)COC(=O)c1ccc(N2C(=O)C(=O)/C(=C(\O)c3ccc4c(c3)CCCC4)C2c2cccs2)cc1. The van der Waals surface area contributed by atoms with Gasteiger partial charge in [-0.2, -0.15) is 0 Å². The monoisotopic (exact) mass is 515 g/mol. The molecule has 0 saturated carbocycles. The van der Waals surface area contributed by atoms with Crippen molar-refractivity contribution in [2.75, 3.05) is 11.5 Å². The first kappa shape index (κ1) is 25.0. The Hall–Kier alpha value is -3.71. The molecule has 3 aromatic rings. The van der Waals surface area contributed by atoms with Gasteiger partial charge in [0.05, 0.1) is 17.7 Å². The van der Waals surface area contributed by atoms with Gasteiger partial charge in [0.2, 0.25) is 0 Å². The maximum Gasteiger partial charge on any atom is 0.338 e. The van der Waals surface area contributed by atoms with Crippen LogP contribution >= 0.6 is 11.3 Å². The van der Waals surface area contributed by atoms with E-state index in [4.69, 9.17) is 4.74 Å². The largest absolute Gasteiger partial charge is 0.507 e. The number of benzene rings is 2. The van der Waals surface area contributed by atoms with Crippen LogP contribution in [0.3, 0.4) is 0 Å². The third-order valence-corrected chi connectivity index (χ3v) is 7.73. The second-order valence-electron chi connectivity index (χ2n) is 9.91. The average Bonchev–Trinajstić information content (AvgIpc) is 3.53. The van der Waals surface area contributed by atoms with Gasteiger partial charge in [0, 0.05) is 16.1 Å². The molecule has 0 bridgehead atoms. The van der Waals surface area contributed by atoms with Crippen LogP contribution in [0.5, 0.6) is 0 Å². The number of ketones is 1. The lowest BCUT2D eigenvalue weighted by Crippen LogP contribution is -2.29. The first-order chi connectivity index (χ1) is 17.8. The summed E-state index contributed by atoms with van der Waals surface area (Å²) in [4.78, 5) is 41.2. The van der Waals surface area contributed by atoms with Crippen molar-refractivity contribution in [3.63, 3.8) is 0 Å². The number of aliphatic hydroxyl groups is 1. The van der Waals surface area contributed by atoms with Gasteiger partial charge in [-0.3, -0.25) is 14.5 Å². The van der Waals surface area contributed by atoms with Crippen LogP contribution in [0.4, 0.5) is 5.69 Å². The zero-order chi connectivity index (χ0) is 26.1. The lowest BCUT2D eigenvalue weighted by molar-refractivity contribution is -0.132. The van der Waals surface area contributed by atoms with Crippen molar-refractivity contribution >= 4 is 40.4 Å². The Morgan fingerprint density at radius 3 is 2.41 bits per heavy atom. The number of amides is 1. The van der Waals surface area contributed by atoms with Gasteiger partial charge in [-0.15, -0.1) is 11.3 Å². The van der Waals surface area contributed by atoms with E-state index < -0.39 is 23.7 Å². The van der Waals surface area contributed by atoms with Crippen LogP contribution in [0.1, 0.15) is 64.7 Å². The van der Waals surface area contributed by atoms with Crippen molar-refractivity contribution in [2.24, 2.45) is 5.92 Å². The molecular formula is C30H29NO5S. The summed E-state index contributed by atoms with van der Waals surface area (Å²) in [5.74, 6) is -1.83. The Morgan fingerprint density at radius 1 is 1.03 bits per heavy atom. The highest BCUT2D eigenvalue weighted by Gasteiger charge is 2.47. The highest BCUT2D eigenvalue weighted by Crippen LogP contribution is 2.43. The lowest BCUT2D eigenvalue weighted by atomic mass is 9.89. The molecule has 1 atom stereocenters. The Labute approximate surface area is 220 Å². The second-order valence-corrected chi connectivity index (χ2v) is 10.9. The fourth-order valence-electron chi connectivity index (χ4n) is 4.93. The molecule has 6 nitrogen and oxygen atoms in total. The Kier molecular flexibility index (Phi) is 6.98. The van der Waals surface area contributed by atoms with Crippen molar-refractivity contribution in [2.45, 2.75) is 45.6 Å². The number of carbonyl (C=O) groups is 3. The van der Waals surface area contributed by atoms with Crippen LogP contribution in [0.15, 0.2) is 65.6 Å². The van der Waals surface area contributed by atoms with Crippen molar-refractivity contribution in [3.05, 3.63) is 92.7 Å². The molecule has 0 spiro atoms. The predicted octanol–water partition coefficient (Wildman–Crippen LogP) is 6.07. The topological polar surface area (TPSA) is 83.9 Å². The van der Waals surface area contributed by atoms with Gasteiger partial charge in [0.25, 0.3) is 11.7 Å². The zero-order valence-electron chi connectivity index (χ0n) is 20.9. The lowest BCUT2D eigenvalue weighted by Gasteiger charge is -2.24. The minimum atomic E-state index is -0.769. The molecule has 190 valence electrons. The highest BCUT2D eigenvalue weighted by atomic mass is 32.1. The molecular weight excluding hydrogens is 486 g/mol. The van der Waals surface area contributed by atoms with Gasteiger partial charge in [-0.25, -0.2) is 4.79 Å². The second kappa shape index (κ2) is 10.3. The van der Waals surface area contributed by atoms with Crippen LogP contribution < -0.4 is 4.90 Å². The number of esters is 1. The number of nitrogens with zero attached hydrogens (tertiary/aromatic N) is 1. The molecule has 37 heavy (non-hydrogen) atoms. The molecule has 1 N–H and O–H groups in total. The quantitative estimate of drug-likeness (QED) is 0.187. The predicted molar refractivity (Wildman–Crippen MR) is 144 cm³/mol. The van der Waals surface area contributed by atoms with Crippen molar-refractivity contribution in [3.8, 4) is 0 Å². The van der Waals surface area contributed by atoms with E-state index in [1.165, 1.54) is 27.4 Å². The van der Waals surface area contributed by atoms with Crippen molar-refractivity contribution in [1.29, 1.82) is 0 Å². The van der Waals surface area contributed by atoms with Crippen molar-refractivity contribution in [1.82, 2.24) is 0 Å². The van der Waals surface area contributed by atoms with E-state index in [1.54, 1.807) is 24.3 Å². The summed E-state index contributed by atoms with van der Waals surface area (Å²) in [6, 6.07) is 15.2. The van der Waals surface area contributed by atoms with Gasteiger partial charge in [0.15, 0.2) is 0 Å². The summed E-state index contributed by atoms with van der Waals surface area (Å²) in [6.45, 7) is 4.24. The van der Waals surface area contributed by atoms with Gasteiger partial charge < -0.3 is 9.84 Å². The van der Waals surface area contributed by atoms with Crippen LogP contribution in [0.25, 0.3) is 5.76 Å². The van der Waals surface area contributed by atoms with Crippen LogP contribution in [0, 0.1) is 5.92 Å². The van der Waals surface area contributed by atoms with E-state index in [-0.39, 0.29) is 17.3 Å². The highest BCUT2D eigenvalue weighted by molar-refractivity contribution is 7.10. The smallest absolute Gasteiger partial charge is 0.338 e. The number of hydrogen-bond acceptors (Lipinski definition) is 6. The normalized spacial score (nSPS) is 18.8. The number of anilines is 1. The average molecular weight is 516 g/mol. The number of aliphatic hydroxyl groups excluding tert-OH is 1.